The van der Waals surface area contributed by atoms with Gasteiger partial charge in [-0.3, -0.25) is 0 Å². The van der Waals surface area contributed by atoms with Crippen molar-refractivity contribution in [2.24, 2.45) is 0 Å². The Morgan fingerprint density at radius 3 is 2.81 bits per heavy atom. The number of aliphatic hydroxyl groups is 1. The first-order valence-electron chi connectivity index (χ1n) is 4.66. The van der Waals surface area contributed by atoms with E-state index in [0.717, 1.165) is 0 Å². The SMILES string of the molecule is N#CCCc1cccc(S)c1C(O)C(=O)O. The van der Waals surface area contributed by atoms with Crippen molar-refractivity contribution in [1.29, 1.82) is 5.26 Å². The molecule has 0 aliphatic heterocycles. The number of rotatable bonds is 4. The standard InChI is InChI=1S/C11H11NO3S/c12-6-2-4-7-3-1-5-8(16)9(7)10(13)11(14)15/h1,3,5,10,13,16H,2,4H2,(H,14,15). The third kappa shape index (κ3) is 2.75. The first-order valence-corrected chi connectivity index (χ1v) is 5.11. The molecule has 0 amide bonds. The van der Waals surface area contributed by atoms with E-state index in [1.54, 1.807) is 18.2 Å². The summed E-state index contributed by atoms with van der Waals surface area (Å²) in [5.74, 6) is -1.32. The highest BCUT2D eigenvalue weighted by molar-refractivity contribution is 7.80. The van der Waals surface area contributed by atoms with E-state index in [9.17, 15) is 9.90 Å². The summed E-state index contributed by atoms with van der Waals surface area (Å²) in [7, 11) is 0. The Morgan fingerprint density at radius 2 is 2.25 bits per heavy atom. The second-order valence-corrected chi connectivity index (χ2v) is 3.73. The second-order valence-electron chi connectivity index (χ2n) is 3.25. The van der Waals surface area contributed by atoms with Crippen molar-refractivity contribution in [3.8, 4) is 6.07 Å². The van der Waals surface area contributed by atoms with Crippen LogP contribution in [-0.4, -0.2) is 16.2 Å². The first-order chi connectivity index (χ1) is 7.57. The summed E-state index contributed by atoms with van der Waals surface area (Å²) in [6.45, 7) is 0. The minimum atomic E-state index is -1.60. The number of nitriles is 1. The summed E-state index contributed by atoms with van der Waals surface area (Å²) in [6, 6.07) is 7.00. The van der Waals surface area contributed by atoms with Gasteiger partial charge in [-0.2, -0.15) is 5.26 Å². The Bertz CT molecular complexity index is 439. The third-order valence-electron chi connectivity index (χ3n) is 2.19. The van der Waals surface area contributed by atoms with Crippen molar-refractivity contribution in [3.05, 3.63) is 29.3 Å². The molecule has 1 unspecified atom stereocenters. The van der Waals surface area contributed by atoms with Crippen LogP contribution in [0.5, 0.6) is 0 Å². The van der Waals surface area contributed by atoms with Gasteiger partial charge in [-0.15, -0.1) is 12.6 Å². The predicted molar refractivity (Wildman–Crippen MR) is 60.2 cm³/mol. The van der Waals surface area contributed by atoms with E-state index in [1.807, 2.05) is 6.07 Å². The number of aliphatic hydroxyl groups excluding tert-OH is 1. The van der Waals surface area contributed by atoms with Crippen LogP contribution in [0.25, 0.3) is 0 Å². The summed E-state index contributed by atoms with van der Waals surface area (Å²) in [6.07, 6.45) is -0.913. The highest BCUT2D eigenvalue weighted by Crippen LogP contribution is 2.26. The van der Waals surface area contributed by atoms with Crippen LogP contribution in [0, 0.1) is 11.3 Å². The lowest BCUT2D eigenvalue weighted by Gasteiger charge is -2.13. The smallest absolute Gasteiger partial charge is 0.337 e. The zero-order chi connectivity index (χ0) is 12.1. The average Bonchev–Trinajstić information content (AvgIpc) is 2.25. The highest BCUT2D eigenvalue weighted by Gasteiger charge is 2.21. The Kier molecular flexibility index (Phi) is 4.35. The quantitative estimate of drug-likeness (QED) is 0.694. The van der Waals surface area contributed by atoms with Crippen LogP contribution in [0.2, 0.25) is 0 Å². The van der Waals surface area contributed by atoms with Gasteiger partial charge in [0.15, 0.2) is 6.10 Å². The molecular weight excluding hydrogens is 226 g/mol. The Balaban J connectivity index is 3.13. The molecule has 0 aliphatic rings. The van der Waals surface area contributed by atoms with E-state index in [-0.39, 0.29) is 12.0 Å². The molecule has 2 N–H and O–H groups in total. The lowest BCUT2D eigenvalue weighted by atomic mass is 9.99. The van der Waals surface area contributed by atoms with Crippen molar-refractivity contribution < 1.29 is 15.0 Å². The van der Waals surface area contributed by atoms with Crippen molar-refractivity contribution >= 4 is 18.6 Å². The molecule has 0 spiro atoms. The van der Waals surface area contributed by atoms with Crippen LogP contribution < -0.4 is 0 Å². The van der Waals surface area contributed by atoms with E-state index in [0.29, 0.717) is 16.9 Å². The van der Waals surface area contributed by atoms with Crippen LogP contribution >= 0.6 is 12.6 Å². The zero-order valence-electron chi connectivity index (χ0n) is 8.42. The summed E-state index contributed by atoms with van der Waals surface area (Å²) in [5.41, 5.74) is 0.914. The number of carboxylic acids is 1. The molecule has 0 saturated carbocycles. The molecule has 0 aliphatic carbocycles. The van der Waals surface area contributed by atoms with E-state index in [2.05, 4.69) is 12.6 Å². The molecule has 0 radical (unpaired) electrons. The zero-order valence-corrected chi connectivity index (χ0v) is 9.32. The maximum atomic E-state index is 10.7. The lowest BCUT2D eigenvalue weighted by molar-refractivity contribution is -0.147. The van der Waals surface area contributed by atoms with Gasteiger partial charge in [0.05, 0.1) is 6.07 Å². The third-order valence-corrected chi connectivity index (χ3v) is 2.58. The van der Waals surface area contributed by atoms with E-state index >= 15 is 0 Å². The molecule has 1 atom stereocenters. The van der Waals surface area contributed by atoms with Crippen molar-refractivity contribution in [2.45, 2.75) is 23.8 Å². The molecular formula is C11H11NO3S. The normalized spacial score (nSPS) is 11.8. The number of carbonyl (C=O) groups is 1. The number of carboxylic acid groups (broad SMARTS) is 1. The lowest BCUT2D eigenvalue weighted by Crippen LogP contribution is -2.13. The predicted octanol–water partition coefficient (Wildman–Crippen LogP) is 1.55. The summed E-state index contributed by atoms with van der Waals surface area (Å²) in [5, 5.41) is 26.8. The van der Waals surface area contributed by atoms with Gasteiger partial charge in [0.1, 0.15) is 0 Å². The van der Waals surface area contributed by atoms with Gasteiger partial charge < -0.3 is 10.2 Å². The van der Waals surface area contributed by atoms with Gasteiger partial charge in [0.2, 0.25) is 0 Å². The topological polar surface area (TPSA) is 81.3 Å². The summed E-state index contributed by atoms with van der Waals surface area (Å²) in [4.78, 5) is 11.2. The number of thiol groups is 1. The minimum Gasteiger partial charge on any atom is -0.479 e. The fraction of sp³-hybridized carbons (Fsp3) is 0.273. The van der Waals surface area contributed by atoms with Crippen molar-refractivity contribution in [1.82, 2.24) is 0 Å². The largest absolute Gasteiger partial charge is 0.479 e. The van der Waals surface area contributed by atoms with E-state index in [1.165, 1.54) is 0 Å². The maximum absolute atomic E-state index is 10.7. The first kappa shape index (κ1) is 12.6. The van der Waals surface area contributed by atoms with Crippen LogP contribution in [0.4, 0.5) is 0 Å². The summed E-state index contributed by atoms with van der Waals surface area (Å²) >= 11 is 4.12. The van der Waals surface area contributed by atoms with Gasteiger partial charge in [0, 0.05) is 16.9 Å². The Morgan fingerprint density at radius 1 is 1.56 bits per heavy atom. The molecule has 0 heterocycles. The van der Waals surface area contributed by atoms with E-state index < -0.39 is 12.1 Å². The number of hydrogen-bond acceptors (Lipinski definition) is 4. The molecule has 0 fully saturated rings. The van der Waals surface area contributed by atoms with Gasteiger partial charge >= 0.3 is 5.97 Å². The van der Waals surface area contributed by atoms with Crippen LogP contribution in [0.3, 0.4) is 0 Å². The highest BCUT2D eigenvalue weighted by atomic mass is 32.1. The number of benzene rings is 1. The molecule has 84 valence electrons. The number of nitrogens with zero attached hydrogens (tertiary/aromatic N) is 1. The fourth-order valence-electron chi connectivity index (χ4n) is 1.45. The van der Waals surface area contributed by atoms with Gasteiger partial charge in [-0.25, -0.2) is 4.79 Å². The van der Waals surface area contributed by atoms with Crippen LogP contribution in [0.15, 0.2) is 23.1 Å². The van der Waals surface area contributed by atoms with E-state index in [4.69, 9.17) is 10.4 Å². The molecule has 16 heavy (non-hydrogen) atoms. The molecule has 0 aromatic heterocycles. The minimum absolute atomic E-state index is 0.272. The molecule has 1 aromatic carbocycles. The van der Waals surface area contributed by atoms with Crippen LogP contribution in [-0.2, 0) is 11.2 Å². The maximum Gasteiger partial charge on any atom is 0.337 e. The van der Waals surface area contributed by atoms with Gasteiger partial charge in [-0.05, 0) is 18.1 Å². The number of aryl methyl sites for hydroxylation is 1. The molecule has 1 rings (SSSR count). The Hall–Kier alpha value is -1.51. The second kappa shape index (κ2) is 5.54. The van der Waals surface area contributed by atoms with Crippen molar-refractivity contribution in [3.63, 3.8) is 0 Å². The average molecular weight is 237 g/mol. The monoisotopic (exact) mass is 237 g/mol. The number of hydrogen-bond donors (Lipinski definition) is 3. The van der Waals surface area contributed by atoms with Gasteiger partial charge in [-0.1, -0.05) is 12.1 Å². The molecule has 1 aromatic rings. The fourth-order valence-corrected chi connectivity index (χ4v) is 1.80. The molecule has 0 bridgehead atoms. The molecule has 5 heteroatoms. The summed E-state index contributed by atoms with van der Waals surface area (Å²) < 4.78 is 0. The van der Waals surface area contributed by atoms with Gasteiger partial charge in [0.25, 0.3) is 0 Å². The Labute approximate surface area is 98.6 Å². The van der Waals surface area contributed by atoms with Crippen molar-refractivity contribution in [2.75, 3.05) is 0 Å². The molecule has 4 nitrogen and oxygen atoms in total. The number of aliphatic carboxylic acids is 1. The van der Waals surface area contributed by atoms with Crippen LogP contribution in [0.1, 0.15) is 23.7 Å². The molecule has 0 saturated heterocycles.